The highest BCUT2D eigenvalue weighted by Gasteiger charge is 2.20. The number of likely N-dealkylation sites (tertiary alicyclic amines) is 1. The lowest BCUT2D eigenvalue weighted by molar-refractivity contribution is -0.135. The van der Waals surface area contributed by atoms with Crippen LogP contribution >= 0.6 is 12.4 Å². The lowest BCUT2D eigenvalue weighted by Gasteiger charge is -2.22. The van der Waals surface area contributed by atoms with Crippen LogP contribution in [0.5, 0.6) is 0 Å². The van der Waals surface area contributed by atoms with Gasteiger partial charge in [0.15, 0.2) is 0 Å². The second-order valence-corrected chi connectivity index (χ2v) is 5.27. The molecule has 118 valence electrons. The molecule has 0 aromatic carbocycles. The summed E-state index contributed by atoms with van der Waals surface area (Å²) in [7, 11) is 0. The fourth-order valence-electron chi connectivity index (χ4n) is 2.35. The van der Waals surface area contributed by atoms with Crippen LogP contribution in [0.2, 0.25) is 0 Å². The van der Waals surface area contributed by atoms with E-state index < -0.39 is 0 Å². The smallest absolute Gasteiger partial charge is 0.239 e. The molecule has 0 aromatic heterocycles. The molecule has 0 radical (unpaired) electrons. The minimum atomic E-state index is -0.0817. The van der Waals surface area contributed by atoms with Crippen molar-refractivity contribution in [2.45, 2.75) is 57.9 Å². The average molecular weight is 306 g/mol. The zero-order valence-corrected chi connectivity index (χ0v) is 13.2. The number of unbranched alkanes of at least 4 members (excludes halogenated alkanes) is 1. The molecule has 1 saturated heterocycles. The second-order valence-electron chi connectivity index (χ2n) is 5.27. The quantitative estimate of drug-likeness (QED) is 0.747. The van der Waals surface area contributed by atoms with Crippen molar-refractivity contribution in [1.29, 1.82) is 0 Å². The van der Waals surface area contributed by atoms with Gasteiger partial charge >= 0.3 is 0 Å². The summed E-state index contributed by atoms with van der Waals surface area (Å²) in [6, 6.07) is 0.0366. The Morgan fingerprint density at radius 3 is 2.80 bits per heavy atom. The van der Waals surface area contributed by atoms with Gasteiger partial charge in [-0.2, -0.15) is 0 Å². The molecule has 0 aliphatic carbocycles. The standard InChI is InChI=1S/C14H27N3O2.ClH/c1-2-3-7-12(10-15)16-13(18)11-17-9-6-4-5-8-14(17)19;/h12H,2-11,15H2,1H3,(H,16,18);1H. The number of amides is 2. The van der Waals surface area contributed by atoms with Gasteiger partial charge in [0.05, 0.1) is 6.54 Å². The normalized spacial score (nSPS) is 17.1. The maximum atomic E-state index is 11.9. The molecular formula is C14H28ClN3O2. The molecule has 1 unspecified atom stereocenters. The third kappa shape index (κ3) is 7.10. The van der Waals surface area contributed by atoms with Crippen molar-refractivity contribution < 1.29 is 9.59 Å². The summed E-state index contributed by atoms with van der Waals surface area (Å²) < 4.78 is 0. The van der Waals surface area contributed by atoms with Crippen LogP contribution in [0.25, 0.3) is 0 Å². The molecule has 0 aromatic rings. The molecule has 0 bridgehead atoms. The van der Waals surface area contributed by atoms with Gasteiger partial charge in [-0.15, -0.1) is 12.4 Å². The third-order valence-electron chi connectivity index (χ3n) is 3.56. The van der Waals surface area contributed by atoms with Crippen LogP contribution in [0.15, 0.2) is 0 Å². The summed E-state index contributed by atoms with van der Waals surface area (Å²) in [4.78, 5) is 25.4. The molecular weight excluding hydrogens is 278 g/mol. The molecule has 0 saturated carbocycles. The molecule has 1 aliphatic rings. The average Bonchev–Trinajstić information content (AvgIpc) is 2.60. The van der Waals surface area contributed by atoms with Crippen molar-refractivity contribution in [2.75, 3.05) is 19.6 Å². The van der Waals surface area contributed by atoms with Crippen molar-refractivity contribution in [2.24, 2.45) is 5.73 Å². The zero-order valence-electron chi connectivity index (χ0n) is 12.4. The van der Waals surface area contributed by atoms with Gasteiger partial charge in [-0.3, -0.25) is 9.59 Å². The van der Waals surface area contributed by atoms with E-state index in [0.717, 1.165) is 38.5 Å². The molecule has 20 heavy (non-hydrogen) atoms. The fourth-order valence-corrected chi connectivity index (χ4v) is 2.35. The Kier molecular flexibility index (Phi) is 10.5. The van der Waals surface area contributed by atoms with Crippen molar-refractivity contribution >= 4 is 24.2 Å². The Labute approximate surface area is 128 Å². The maximum Gasteiger partial charge on any atom is 0.239 e. The second kappa shape index (κ2) is 10.9. The lowest BCUT2D eigenvalue weighted by Crippen LogP contribution is -2.46. The summed E-state index contributed by atoms with van der Waals surface area (Å²) in [5, 5.41) is 2.93. The van der Waals surface area contributed by atoms with Crippen LogP contribution in [-0.4, -0.2) is 42.4 Å². The van der Waals surface area contributed by atoms with Gasteiger partial charge in [-0.25, -0.2) is 0 Å². The summed E-state index contributed by atoms with van der Waals surface area (Å²) in [5.41, 5.74) is 5.65. The number of nitrogens with two attached hydrogens (primary N) is 1. The predicted molar refractivity (Wildman–Crippen MR) is 82.8 cm³/mol. The molecule has 6 heteroatoms. The first-order chi connectivity index (χ1) is 9.17. The minimum Gasteiger partial charge on any atom is -0.351 e. The monoisotopic (exact) mass is 305 g/mol. The van der Waals surface area contributed by atoms with Crippen LogP contribution in [0.3, 0.4) is 0 Å². The minimum absolute atomic E-state index is 0. The fraction of sp³-hybridized carbons (Fsp3) is 0.857. The van der Waals surface area contributed by atoms with Gasteiger partial charge in [0.25, 0.3) is 0 Å². The van der Waals surface area contributed by atoms with Crippen molar-refractivity contribution in [3.05, 3.63) is 0 Å². The summed E-state index contributed by atoms with van der Waals surface area (Å²) in [6.07, 6.45) is 6.65. The Hall–Kier alpha value is -0.810. The van der Waals surface area contributed by atoms with E-state index in [1.165, 1.54) is 0 Å². The topological polar surface area (TPSA) is 75.4 Å². The number of rotatable bonds is 7. The number of halogens is 1. The third-order valence-corrected chi connectivity index (χ3v) is 3.56. The maximum absolute atomic E-state index is 11.9. The van der Waals surface area contributed by atoms with Crippen LogP contribution in [0.1, 0.15) is 51.9 Å². The lowest BCUT2D eigenvalue weighted by atomic mass is 10.1. The number of hydrogen-bond donors (Lipinski definition) is 2. The SMILES string of the molecule is CCCCC(CN)NC(=O)CN1CCCCCC1=O.Cl. The number of nitrogens with zero attached hydrogens (tertiary/aromatic N) is 1. The van der Waals surface area contributed by atoms with E-state index in [9.17, 15) is 9.59 Å². The van der Waals surface area contributed by atoms with E-state index in [-0.39, 0.29) is 36.8 Å². The molecule has 3 N–H and O–H groups in total. The van der Waals surface area contributed by atoms with Gasteiger partial charge in [0, 0.05) is 25.6 Å². The zero-order chi connectivity index (χ0) is 14.1. The van der Waals surface area contributed by atoms with Gasteiger partial charge in [0.2, 0.25) is 11.8 Å². The highest BCUT2D eigenvalue weighted by Crippen LogP contribution is 2.10. The van der Waals surface area contributed by atoms with Crippen LogP contribution in [-0.2, 0) is 9.59 Å². The van der Waals surface area contributed by atoms with Gasteiger partial charge < -0.3 is 16.0 Å². The Balaban J connectivity index is 0.00000361. The summed E-state index contributed by atoms with van der Waals surface area (Å²) in [6.45, 7) is 3.46. The van der Waals surface area contributed by atoms with Crippen molar-refractivity contribution in [1.82, 2.24) is 10.2 Å². The molecule has 5 nitrogen and oxygen atoms in total. The van der Waals surface area contributed by atoms with Crippen molar-refractivity contribution in [3.63, 3.8) is 0 Å². The molecule has 1 aliphatic heterocycles. The summed E-state index contributed by atoms with van der Waals surface area (Å²) >= 11 is 0. The van der Waals surface area contributed by atoms with Gasteiger partial charge in [-0.05, 0) is 19.3 Å². The molecule has 0 spiro atoms. The van der Waals surface area contributed by atoms with Gasteiger partial charge in [0.1, 0.15) is 0 Å². The molecule has 2 amide bonds. The largest absolute Gasteiger partial charge is 0.351 e. The van der Waals surface area contributed by atoms with Gasteiger partial charge in [-0.1, -0.05) is 26.2 Å². The number of hydrogen-bond acceptors (Lipinski definition) is 3. The number of carbonyl (C=O) groups excluding carboxylic acids is 2. The first kappa shape index (κ1) is 19.2. The predicted octanol–water partition coefficient (Wildman–Crippen LogP) is 1.44. The Morgan fingerprint density at radius 2 is 2.15 bits per heavy atom. The van der Waals surface area contributed by atoms with Crippen LogP contribution < -0.4 is 11.1 Å². The van der Waals surface area contributed by atoms with E-state index in [1.54, 1.807) is 4.90 Å². The van der Waals surface area contributed by atoms with E-state index in [1.807, 2.05) is 0 Å². The van der Waals surface area contributed by atoms with E-state index in [0.29, 0.717) is 19.5 Å². The molecule has 1 heterocycles. The van der Waals surface area contributed by atoms with E-state index in [2.05, 4.69) is 12.2 Å². The van der Waals surface area contributed by atoms with E-state index >= 15 is 0 Å². The summed E-state index contributed by atoms with van der Waals surface area (Å²) in [5.74, 6) is 0.0207. The van der Waals surface area contributed by atoms with Crippen LogP contribution in [0.4, 0.5) is 0 Å². The Morgan fingerprint density at radius 1 is 1.40 bits per heavy atom. The molecule has 1 rings (SSSR count). The first-order valence-corrected chi connectivity index (χ1v) is 7.44. The van der Waals surface area contributed by atoms with E-state index in [4.69, 9.17) is 5.73 Å². The number of carbonyl (C=O) groups is 2. The Bertz CT molecular complexity index is 300. The van der Waals surface area contributed by atoms with Crippen molar-refractivity contribution in [3.8, 4) is 0 Å². The first-order valence-electron chi connectivity index (χ1n) is 7.44. The molecule has 1 atom stereocenters. The highest BCUT2D eigenvalue weighted by molar-refractivity contribution is 5.85. The highest BCUT2D eigenvalue weighted by atomic mass is 35.5. The number of nitrogens with one attached hydrogen (secondary N) is 1. The van der Waals surface area contributed by atoms with Crippen LogP contribution in [0, 0.1) is 0 Å². The molecule has 1 fully saturated rings.